The van der Waals surface area contributed by atoms with Gasteiger partial charge in [0.2, 0.25) is 0 Å². The highest BCUT2D eigenvalue weighted by Gasteiger charge is 1.95. The van der Waals surface area contributed by atoms with Crippen molar-refractivity contribution in [3.63, 3.8) is 0 Å². The van der Waals surface area contributed by atoms with E-state index in [1.807, 2.05) is 24.0 Å². The lowest BCUT2D eigenvalue weighted by atomic mass is 10.2. The van der Waals surface area contributed by atoms with Crippen molar-refractivity contribution in [2.45, 2.75) is 26.3 Å². The highest BCUT2D eigenvalue weighted by atomic mass is 15.2. The van der Waals surface area contributed by atoms with Crippen molar-refractivity contribution in [3.8, 4) is 0 Å². The number of aromatic nitrogens is 2. The fourth-order valence-electron chi connectivity index (χ4n) is 1.23. The molecular weight excluding hydrogens is 174 g/mol. The third-order valence-electron chi connectivity index (χ3n) is 2.13. The van der Waals surface area contributed by atoms with E-state index in [1.54, 1.807) is 0 Å². The molecule has 0 bridgehead atoms. The zero-order valence-electron chi connectivity index (χ0n) is 9.20. The molecule has 0 spiro atoms. The first-order valence-corrected chi connectivity index (χ1v) is 5.13. The number of nitrogens with zero attached hydrogens (tertiary/aromatic N) is 2. The monoisotopic (exact) mass is 193 g/mol. The van der Waals surface area contributed by atoms with Gasteiger partial charge >= 0.3 is 0 Å². The first-order chi connectivity index (χ1) is 6.74. The van der Waals surface area contributed by atoms with Gasteiger partial charge in [0.05, 0.1) is 5.69 Å². The molecule has 78 valence electrons. The van der Waals surface area contributed by atoms with Crippen LogP contribution in [0.2, 0.25) is 0 Å². The predicted molar refractivity (Wildman–Crippen MR) is 60.0 cm³/mol. The van der Waals surface area contributed by atoms with Crippen molar-refractivity contribution in [1.29, 1.82) is 0 Å². The largest absolute Gasteiger partial charge is 0.311 e. The number of nitrogens with one attached hydrogen (secondary N) is 1. The number of hydrogen-bond donors (Lipinski definition) is 1. The molecule has 0 radical (unpaired) electrons. The Balaban J connectivity index is 2.43. The van der Waals surface area contributed by atoms with E-state index in [0.29, 0.717) is 6.04 Å². The Labute approximate surface area is 85.8 Å². The van der Waals surface area contributed by atoms with E-state index < -0.39 is 0 Å². The minimum atomic E-state index is 0.421. The molecule has 1 unspecified atom stereocenters. The summed E-state index contributed by atoms with van der Waals surface area (Å²) >= 11 is 0. The molecule has 1 N–H and O–H groups in total. The van der Waals surface area contributed by atoms with Crippen molar-refractivity contribution in [2.75, 3.05) is 6.54 Å². The summed E-state index contributed by atoms with van der Waals surface area (Å²) in [4.78, 5) is 0. The minimum Gasteiger partial charge on any atom is -0.311 e. The maximum absolute atomic E-state index is 4.10. The van der Waals surface area contributed by atoms with Crippen LogP contribution in [0.1, 0.15) is 26.0 Å². The van der Waals surface area contributed by atoms with Crippen LogP contribution < -0.4 is 5.32 Å². The van der Waals surface area contributed by atoms with Crippen LogP contribution in [0, 0.1) is 0 Å². The Morgan fingerprint density at radius 1 is 1.64 bits per heavy atom. The van der Waals surface area contributed by atoms with E-state index in [4.69, 9.17) is 0 Å². The van der Waals surface area contributed by atoms with E-state index >= 15 is 0 Å². The molecule has 14 heavy (non-hydrogen) atoms. The molecule has 3 heteroatoms. The molecule has 0 saturated heterocycles. The van der Waals surface area contributed by atoms with E-state index in [-0.39, 0.29) is 0 Å². The van der Waals surface area contributed by atoms with E-state index in [9.17, 15) is 0 Å². The quantitative estimate of drug-likeness (QED) is 0.773. The molecule has 0 aliphatic carbocycles. The standard InChI is InChI=1S/C11H19N3/c1-4-8-12-10(2)5-6-11-7-9-13-14(11)3/h5-7,9-10,12H,4,8H2,1-3H3/b6-5+. The van der Waals surface area contributed by atoms with E-state index in [2.05, 4.69) is 36.4 Å². The molecule has 0 aromatic carbocycles. The fourth-order valence-corrected chi connectivity index (χ4v) is 1.23. The number of aryl methyl sites for hydroxylation is 1. The highest BCUT2D eigenvalue weighted by Crippen LogP contribution is 2.00. The Kier molecular flexibility index (Phi) is 4.40. The third-order valence-corrected chi connectivity index (χ3v) is 2.13. The maximum atomic E-state index is 4.10. The van der Waals surface area contributed by atoms with Gasteiger partial charge in [0.1, 0.15) is 0 Å². The molecule has 0 aliphatic rings. The summed E-state index contributed by atoms with van der Waals surface area (Å²) in [6.07, 6.45) is 7.24. The Morgan fingerprint density at radius 2 is 2.43 bits per heavy atom. The van der Waals surface area contributed by atoms with Gasteiger partial charge in [0, 0.05) is 19.3 Å². The molecule has 0 saturated carbocycles. The number of hydrogen-bond acceptors (Lipinski definition) is 2. The molecule has 1 aromatic heterocycles. The Bertz CT molecular complexity index is 288. The fraction of sp³-hybridized carbons (Fsp3) is 0.545. The Hall–Kier alpha value is -1.09. The van der Waals surface area contributed by atoms with Gasteiger partial charge < -0.3 is 5.32 Å². The Morgan fingerprint density at radius 3 is 3.00 bits per heavy atom. The average Bonchev–Trinajstić information content (AvgIpc) is 2.58. The maximum Gasteiger partial charge on any atom is 0.0603 e. The molecule has 1 atom stereocenters. The first kappa shape index (κ1) is 11.0. The van der Waals surface area contributed by atoms with Gasteiger partial charge in [0.15, 0.2) is 0 Å². The normalized spacial score (nSPS) is 13.6. The lowest BCUT2D eigenvalue weighted by Crippen LogP contribution is -2.24. The summed E-state index contributed by atoms with van der Waals surface area (Å²) in [6.45, 7) is 5.39. The average molecular weight is 193 g/mol. The topological polar surface area (TPSA) is 29.9 Å². The van der Waals surface area contributed by atoms with Crippen molar-refractivity contribution >= 4 is 6.08 Å². The second-order valence-corrected chi connectivity index (χ2v) is 3.48. The van der Waals surface area contributed by atoms with Gasteiger partial charge in [-0.25, -0.2) is 0 Å². The molecular formula is C11H19N3. The van der Waals surface area contributed by atoms with Crippen LogP contribution in [0.5, 0.6) is 0 Å². The second-order valence-electron chi connectivity index (χ2n) is 3.48. The molecule has 0 fully saturated rings. The van der Waals surface area contributed by atoms with Gasteiger partial charge in [-0.1, -0.05) is 13.0 Å². The van der Waals surface area contributed by atoms with Crippen molar-refractivity contribution in [3.05, 3.63) is 24.0 Å². The van der Waals surface area contributed by atoms with Gasteiger partial charge in [-0.2, -0.15) is 5.10 Å². The zero-order valence-corrected chi connectivity index (χ0v) is 9.20. The van der Waals surface area contributed by atoms with Crippen LogP contribution in [0.4, 0.5) is 0 Å². The van der Waals surface area contributed by atoms with Gasteiger partial charge in [0.25, 0.3) is 0 Å². The smallest absolute Gasteiger partial charge is 0.0603 e. The highest BCUT2D eigenvalue weighted by molar-refractivity contribution is 5.44. The van der Waals surface area contributed by atoms with Crippen molar-refractivity contribution in [2.24, 2.45) is 7.05 Å². The lowest BCUT2D eigenvalue weighted by molar-refractivity contribution is 0.625. The summed E-state index contributed by atoms with van der Waals surface area (Å²) < 4.78 is 1.86. The van der Waals surface area contributed by atoms with Crippen LogP contribution >= 0.6 is 0 Å². The van der Waals surface area contributed by atoms with Crippen molar-refractivity contribution < 1.29 is 0 Å². The van der Waals surface area contributed by atoms with Crippen LogP contribution in [0.25, 0.3) is 6.08 Å². The van der Waals surface area contributed by atoms with Crippen LogP contribution in [-0.4, -0.2) is 22.4 Å². The SMILES string of the molecule is CCCNC(C)/C=C/c1ccnn1C. The van der Waals surface area contributed by atoms with Gasteiger partial charge in [-0.15, -0.1) is 0 Å². The van der Waals surface area contributed by atoms with Crippen LogP contribution in [0.15, 0.2) is 18.3 Å². The summed E-state index contributed by atoms with van der Waals surface area (Å²) in [5.41, 5.74) is 1.13. The second kappa shape index (κ2) is 5.60. The van der Waals surface area contributed by atoms with Gasteiger partial charge in [-0.3, -0.25) is 4.68 Å². The van der Waals surface area contributed by atoms with Gasteiger partial charge in [-0.05, 0) is 32.0 Å². The zero-order chi connectivity index (χ0) is 10.4. The third kappa shape index (κ3) is 3.34. The molecule has 3 nitrogen and oxygen atoms in total. The van der Waals surface area contributed by atoms with Crippen LogP contribution in [0.3, 0.4) is 0 Å². The summed E-state index contributed by atoms with van der Waals surface area (Å²) in [6, 6.07) is 2.42. The number of rotatable bonds is 5. The summed E-state index contributed by atoms with van der Waals surface area (Å²) in [5.74, 6) is 0. The molecule has 1 rings (SSSR count). The van der Waals surface area contributed by atoms with Crippen LogP contribution in [-0.2, 0) is 7.05 Å². The molecule has 1 aromatic rings. The minimum absolute atomic E-state index is 0.421. The summed E-state index contributed by atoms with van der Waals surface area (Å²) in [5, 5.41) is 7.50. The predicted octanol–water partition coefficient (Wildman–Crippen LogP) is 1.82. The molecule has 0 aliphatic heterocycles. The summed E-state index contributed by atoms with van der Waals surface area (Å²) in [7, 11) is 1.95. The molecule has 1 heterocycles. The first-order valence-electron chi connectivity index (χ1n) is 5.13. The van der Waals surface area contributed by atoms with E-state index in [1.165, 1.54) is 6.42 Å². The van der Waals surface area contributed by atoms with E-state index in [0.717, 1.165) is 12.2 Å². The molecule has 0 amide bonds. The van der Waals surface area contributed by atoms with Crippen molar-refractivity contribution in [1.82, 2.24) is 15.1 Å². The lowest BCUT2D eigenvalue weighted by Gasteiger charge is -2.07.